The van der Waals surface area contributed by atoms with Crippen molar-refractivity contribution < 1.29 is 22.5 Å². The third kappa shape index (κ3) is 6.32. The van der Waals surface area contributed by atoms with E-state index in [4.69, 9.17) is 9.26 Å². The van der Waals surface area contributed by atoms with Crippen molar-refractivity contribution in [3.63, 3.8) is 0 Å². The predicted molar refractivity (Wildman–Crippen MR) is 147 cm³/mol. The second kappa shape index (κ2) is 11.8. The zero-order valence-electron chi connectivity index (χ0n) is 22.4. The van der Waals surface area contributed by atoms with Gasteiger partial charge in [0, 0.05) is 24.6 Å². The molecule has 1 amide bonds. The molecule has 3 heterocycles. The summed E-state index contributed by atoms with van der Waals surface area (Å²) < 4.78 is 38.7. The lowest BCUT2D eigenvalue weighted by Gasteiger charge is -2.30. The monoisotopic (exact) mass is 553 g/mol. The smallest absolute Gasteiger partial charge is 0.243 e. The third-order valence-corrected chi connectivity index (χ3v) is 9.34. The summed E-state index contributed by atoms with van der Waals surface area (Å²) in [4.78, 5) is 20.1. The van der Waals surface area contributed by atoms with Gasteiger partial charge >= 0.3 is 0 Å². The average Bonchev–Trinajstić information content (AvgIpc) is 3.42. The van der Waals surface area contributed by atoms with Crippen molar-refractivity contribution in [1.29, 1.82) is 0 Å². The fraction of sp³-hybridized carbons (Fsp3) is 0.464. The molecule has 1 aromatic heterocycles. The fourth-order valence-electron chi connectivity index (χ4n) is 5.20. The molecule has 11 heteroatoms. The van der Waals surface area contributed by atoms with Crippen LogP contribution in [0, 0.1) is 12.8 Å². The van der Waals surface area contributed by atoms with Crippen LogP contribution in [0.3, 0.4) is 0 Å². The summed E-state index contributed by atoms with van der Waals surface area (Å²) in [7, 11) is -2.12. The van der Waals surface area contributed by atoms with E-state index in [0.29, 0.717) is 68.7 Å². The normalized spacial score (nSPS) is 17.7. The molecule has 10 nitrogen and oxygen atoms in total. The molecule has 2 fully saturated rings. The van der Waals surface area contributed by atoms with Crippen molar-refractivity contribution in [2.24, 2.45) is 5.92 Å². The zero-order chi connectivity index (χ0) is 27.4. The Balaban J connectivity index is 1.19. The first-order valence-corrected chi connectivity index (χ1v) is 14.9. The van der Waals surface area contributed by atoms with Crippen LogP contribution in [0.1, 0.15) is 43.6 Å². The summed E-state index contributed by atoms with van der Waals surface area (Å²) in [6.45, 7) is 5.00. The Morgan fingerprint density at radius 3 is 2.56 bits per heavy atom. The van der Waals surface area contributed by atoms with E-state index in [1.807, 2.05) is 31.2 Å². The second-order valence-corrected chi connectivity index (χ2v) is 12.2. The standard InChI is InChI=1S/C28H35N5O5S/c1-20-7-6-8-22(17-20)27-30-26(38-31-27)19-32-15-11-21(12-16-32)28(34)29-24-18-23(9-10-25(24)37-2)39(35,36)33-13-4-3-5-14-33/h6-10,17-18,21H,3-5,11-16,19H2,1-2H3,(H,29,34). The van der Waals surface area contributed by atoms with Crippen LogP contribution < -0.4 is 10.1 Å². The molecule has 0 radical (unpaired) electrons. The van der Waals surface area contributed by atoms with Gasteiger partial charge in [0.1, 0.15) is 5.75 Å². The highest BCUT2D eigenvalue weighted by Crippen LogP contribution is 2.31. The molecular formula is C28H35N5O5S. The number of nitrogens with one attached hydrogen (secondary N) is 1. The van der Waals surface area contributed by atoms with E-state index in [9.17, 15) is 13.2 Å². The molecule has 0 aliphatic carbocycles. The van der Waals surface area contributed by atoms with Crippen molar-refractivity contribution in [1.82, 2.24) is 19.3 Å². The molecule has 0 bridgehead atoms. The van der Waals surface area contributed by atoms with Crippen molar-refractivity contribution >= 4 is 21.6 Å². The fourth-order valence-corrected chi connectivity index (χ4v) is 6.74. The molecule has 0 atom stereocenters. The molecule has 0 spiro atoms. The number of amides is 1. The molecule has 3 aromatic rings. The Kier molecular flexibility index (Phi) is 8.29. The van der Waals surface area contributed by atoms with E-state index < -0.39 is 10.0 Å². The van der Waals surface area contributed by atoms with E-state index in [2.05, 4.69) is 20.4 Å². The van der Waals surface area contributed by atoms with Gasteiger partial charge < -0.3 is 14.6 Å². The third-order valence-electron chi connectivity index (χ3n) is 7.44. The number of nitrogens with zero attached hydrogens (tertiary/aromatic N) is 4. The minimum Gasteiger partial charge on any atom is -0.495 e. The molecule has 0 saturated carbocycles. The SMILES string of the molecule is COc1ccc(S(=O)(=O)N2CCCCC2)cc1NC(=O)C1CCN(Cc2nc(-c3cccc(C)c3)no2)CC1. The molecule has 2 aliphatic rings. The van der Waals surface area contributed by atoms with Gasteiger partial charge in [-0.25, -0.2) is 8.42 Å². The van der Waals surface area contributed by atoms with Crippen LogP contribution in [-0.4, -0.2) is 67.0 Å². The summed E-state index contributed by atoms with van der Waals surface area (Å²) in [5, 5.41) is 7.05. The van der Waals surface area contributed by atoms with Crippen LogP contribution in [0.4, 0.5) is 5.69 Å². The Hall–Kier alpha value is -3.28. The first kappa shape index (κ1) is 27.3. The van der Waals surface area contributed by atoms with Crippen LogP contribution in [-0.2, 0) is 21.4 Å². The maximum atomic E-state index is 13.2. The van der Waals surface area contributed by atoms with Gasteiger partial charge in [0.25, 0.3) is 0 Å². The van der Waals surface area contributed by atoms with Crippen molar-refractivity contribution in [3.05, 3.63) is 53.9 Å². The number of hydrogen-bond acceptors (Lipinski definition) is 8. The summed E-state index contributed by atoms with van der Waals surface area (Å²) >= 11 is 0. The topological polar surface area (TPSA) is 118 Å². The number of aromatic nitrogens is 2. The lowest BCUT2D eigenvalue weighted by molar-refractivity contribution is -0.121. The largest absolute Gasteiger partial charge is 0.495 e. The molecule has 208 valence electrons. The Labute approximate surface area is 229 Å². The van der Waals surface area contributed by atoms with Crippen molar-refractivity contribution in [3.8, 4) is 17.1 Å². The highest BCUT2D eigenvalue weighted by molar-refractivity contribution is 7.89. The maximum Gasteiger partial charge on any atom is 0.243 e. The number of piperidine rings is 2. The van der Waals surface area contributed by atoms with Gasteiger partial charge in [-0.1, -0.05) is 35.3 Å². The van der Waals surface area contributed by atoms with Crippen molar-refractivity contribution in [2.45, 2.75) is 50.5 Å². The number of methoxy groups -OCH3 is 1. The van der Waals surface area contributed by atoms with E-state index in [0.717, 1.165) is 30.4 Å². The lowest BCUT2D eigenvalue weighted by Crippen LogP contribution is -2.38. The quantitative estimate of drug-likeness (QED) is 0.443. The van der Waals surface area contributed by atoms with Gasteiger partial charge in [-0.2, -0.15) is 9.29 Å². The summed E-state index contributed by atoms with van der Waals surface area (Å²) in [5.41, 5.74) is 2.42. The highest BCUT2D eigenvalue weighted by Gasteiger charge is 2.29. The van der Waals surface area contributed by atoms with E-state index in [1.54, 1.807) is 12.1 Å². The zero-order valence-corrected chi connectivity index (χ0v) is 23.2. The number of anilines is 1. The Morgan fingerprint density at radius 2 is 1.85 bits per heavy atom. The number of aryl methyl sites for hydroxylation is 1. The number of carbonyl (C=O) groups is 1. The molecule has 39 heavy (non-hydrogen) atoms. The lowest BCUT2D eigenvalue weighted by atomic mass is 9.96. The molecule has 0 unspecified atom stereocenters. The first-order valence-electron chi connectivity index (χ1n) is 13.4. The number of likely N-dealkylation sites (tertiary alicyclic amines) is 1. The molecule has 2 aliphatic heterocycles. The van der Waals surface area contributed by atoms with Gasteiger partial charge in [-0.05, 0) is 70.0 Å². The van der Waals surface area contributed by atoms with Crippen LogP contribution in [0.2, 0.25) is 0 Å². The molecule has 2 aromatic carbocycles. The van der Waals surface area contributed by atoms with Gasteiger partial charge in [-0.3, -0.25) is 9.69 Å². The predicted octanol–water partition coefficient (Wildman–Crippen LogP) is 4.08. The van der Waals surface area contributed by atoms with Crippen LogP contribution in [0.15, 0.2) is 51.9 Å². The Morgan fingerprint density at radius 1 is 1.08 bits per heavy atom. The number of rotatable bonds is 8. The first-order chi connectivity index (χ1) is 18.8. The number of ether oxygens (including phenoxy) is 1. The molecular weight excluding hydrogens is 518 g/mol. The molecule has 1 N–H and O–H groups in total. The van der Waals surface area contributed by atoms with Gasteiger partial charge in [0.05, 0.1) is 24.2 Å². The van der Waals surface area contributed by atoms with E-state index >= 15 is 0 Å². The minimum atomic E-state index is -3.63. The molecule has 5 rings (SSSR count). The average molecular weight is 554 g/mol. The molecule has 2 saturated heterocycles. The maximum absolute atomic E-state index is 13.2. The van der Waals surface area contributed by atoms with Gasteiger partial charge in [-0.15, -0.1) is 0 Å². The van der Waals surface area contributed by atoms with E-state index in [-0.39, 0.29) is 16.7 Å². The summed E-state index contributed by atoms with van der Waals surface area (Å²) in [5.74, 6) is 1.21. The summed E-state index contributed by atoms with van der Waals surface area (Å²) in [6, 6.07) is 12.6. The number of hydrogen-bond donors (Lipinski definition) is 1. The van der Waals surface area contributed by atoms with Gasteiger partial charge in [0.2, 0.25) is 27.6 Å². The number of sulfonamides is 1. The number of benzene rings is 2. The summed E-state index contributed by atoms with van der Waals surface area (Å²) in [6.07, 6.45) is 4.09. The minimum absolute atomic E-state index is 0.139. The van der Waals surface area contributed by atoms with Crippen LogP contribution in [0.5, 0.6) is 5.75 Å². The van der Waals surface area contributed by atoms with E-state index in [1.165, 1.54) is 17.5 Å². The van der Waals surface area contributed by atoms with Crippen LogP contribution in [0.25, 0.3) is 11.4 Å². The highest BCUT2D eigenvalue weighted by atomic mass is 32.2. The second-order valence-electron chi connectivity index (χ2n) is 10.2. The van der Waals surface area contributed by atoms with Crippen molar-refractivity contribution in [2.75, 3.05) is 38.6 Å². The van der Waals surface area contributed by atoms with Crippen LogP contribution >= 0.6 is 0 Å². The number of carbonyl (C=O) groups excluding carboxylic acids is 1. The van der Waals surface area contributed by atoms with Gasteiger partial charge in [0.15, 0.2) is 0 Å². The Bertz CT molecular complexity index is 1410.